The summed E-state index contributed by atoms with van der Waals surface area (Å²) in [5.74, 6) is -3.45. The number of anilines is 1. The summed E-state index contributed by atoms with van der Waals surface area (Å²) in [4.78, 5) is 23.6. The van der Waals surface area contributed by atoms with Gasteiger partial charge in [0.1, 0.15) is 17.2 Å². The van der Waals surface area contributed by atoms with Crippen LogP contribution in [0.25, 0.3) is 11.0 Å². The largest absolute Gasteiger partial charge is 0.450 e. The average molecular weight is 366 g/mol. The maximum atomic E-state index is 13.4. The molecule has 0 aliphatic heterocycles. The Kier molecular flexibility index (Phi) is 4.67. The van der Waals surface area contributed by atoms with Crippen LogP contribution in [-0.4, -0.2) is 18.5 Å². The van der Waals surface area contributed by atoms with Crippen LogP contribution >= 0.6 is 11.6 Å². The molecule has 0 radical (unpaired) electrons. The molecule has 0 saturated carbocycles. The molecule has 25 heavy (non-hydrogen) atoms. The predicted molar refractivity (Wildman–Crippen MR) is 86.5 cm³/mol. The van der Waals surface area contributed by atoms with Gasteiger partial charge in [-0.2, -0.15) is 0 Å². The quantitative estimate of drug-likeness (QED) is 0.705. The fourth-order valence-corrected chi connectivity index (χ4v) is 2.27. The van der Waals surface area contributed by atoms with Crippen molar-refractivity contribution in [1.29, 1.82) is 0 Å². The van der Waals surface area contributed by atoms with Gasteiger partial charge in [-0.15, -0.1) is 0 Å². The van der Waals surface area contributed by atoms with E-state index in [0.29, 0.717) is 22.1 Å². The fourth-order valence-electron chi connectivity index (χ4n) is 2.09. The molecule has 1 N–H and O–H groups in total. The molecule has 1 amide bonds. The summed E-state index contributed by atoms with van der Waals surface area (Å²) >= 11 is 5.84. The average Bonchev–Trinajstić information content (AvgIpc) is 2.98. The number of benzene rings is 2. The molecular weight excluding hydrogens is 356 g/mol. The molecule has 2 aromatic carbocycles. The van der Waals surface area contributed by atoms with Crippen LogP contribution in [0.4, 0.5) is 14.5 Å². The van der Waals surface area contributed by atoms with Crippen molar-refractivity contribution in [2.24, 2.45) is 0 Å². The lowest BCUT2D eigenvalue weighted by atomic mass is 10.2. The van der Waals surface area contributed by atoms with Crippen molar-refractivity contribution in [3.63, 3.8) is 0 Å². The molecule has 0 bridgehead atoms. The van der Waals surface area contributed by atoms with Crippen LogP contribution < -0.4 is 5.32 Å². The predicted octanol–water partition coefficient (Wildman–Crippen LogP) is 4.16. The van der Waals surface area contributed by atoms with Crippen molar-refractivity contribution in [2.45, 2.75) is 0 Å². The van der Waals surface area contributed by atoms with Crippen molar-refractivity contribution < 1.29 is 27.5 Å². The van der Waals surface area contributed by atoms with Crippen LogP contribution in [0.3, 0.4) is 0 Å². The third-order valence-corrected chi connectivity index (χ3v) is 3.45. The van der Waals surface area contributed by atoms with Gasteiger partial charge in [0.05, 0.1) is 5.69 Å². The standard InChI is InChI=1S/C17H10ClF2NO4/c18-10-1-4-14-9(5-10)6-15(25-14)17(23)24-8-16(22)21-13-3-2-11(19)7-12(13)20/h1-7H,8H2,(H,21,22). The first-order valence-electron chi connectivity index (χ1n) is 7.03. The summed E-state index contributed by atoms with van der Waals surface area (Å²) in [5.41, 5.74) is 0.218. The first-order chi connectivity index (χ1) is 11.9. The second-order valence-corrected chi connectivity index (χ2v) is 5.48. The Hall–Kier alpha value is -2.93. The Labute approximate surface area is 145 Å². The number of carbonyl (C=O) groups is 2. The molecular formula is C17H10ClF2NO4. The molecule has 1 heterocycles. The van der Waals surface area contributed by atoms with Gasteiger partial charge in [-0.05, 0) is 36.4 Å². The van der Waals surface area contributed by atoms with E-state index in [2.05, 4.69) is 5.32 Å². The molecule has 0 spiro atoms. The highest BCUT2D eigenvalue weighted by molar-refractivity contribution is 6.31. The molecule has 8 heteroatoms. The number of carbonyl (C=O) groups excluding carboxylic acids is 2. The van der Waals surface area contributed by atoms with Crippen molar-refractivity contribution in [3.05, 3.63) is 64.9 Å². The van der Waals surface area contributed by atoms with E-state index in [1.165, 1.54) is 6.07 Å². The lowest BCUT2D eigenvalue weighted by molar-refractivity contribution is -0.119. The molecule has 5 nitrogen and oxygen atoms in total. The molecule has 3 aromatic rings. The number of hydrogen-bond acceptors (Lipinski definition) is 4. The van der Waals surface area contributed by atoms with Gasteiger partial charge in [0.2, 0.25) is 5.76 Å². The van der Waals surface area contributed by atoms with Crippen LogP contribution in [0.1, 0.15) is 10.6 Å². The maximum Gasteiger partial charge on any atom is 0.374 e. The molecule has 0 aliphatic carbocycles. The molecule has 0 fully saturated rings. The summed E-state index contributed by atoms with van der Waals surface area (Å²) in [7, 11) is 0. The van der Waals surface area contributed by atoms with E-state index in [1.807, 2.05) is 0 Å². The SMILES string of the molecule is O=C(COC(=O)c1cc2cc(Cl)ccc2o1)Nc1ccc(F)cc1F. The molecule has 3 rings (SSSR count). The number of furan rings is 1. The third kappa shape index (κ3) is 3.95. The van der Waals surface area contributed by atoms with Gasteiger partial charge in [0.25, 0.3) is 5.91 Å². The minimum absolute atomic E-state index is 0.0990. The number of fused-ring (bicyclic) bond motifs is 1. The minimum Gasteiger partial charge on any atom is -0.450 e. The lowest BCUT2D eigenvalue weighted by Gasteiger charge is -2.06. The highest BCUT2D eigenvalue weighted by Gasteiger charge is 2.16. The normalized spacial score (nSPS) is 10.7. The number of halogens is 3. The van der Waals surface area contributed by atoms with E-state index < -0.39 is 30.1 Å². The topological polar surface area (TPSA) is 68.5 Å². The molecule has 0 atom stereocenters. The van der Waals surface area contributed by atoms with Crippen molar-refractivity contribution >= 4 is 40.1 Å². The Balaban J connectivity index is 1.61. The van der Waals surface area contributed by atoms with Crippen LogP contribution in [0.2, 0.25) is 5.02 Å². The van der Waals surface area contributed by atoms with Crippen molar-refractivity contribution in [2.75, 3.05) is 11.9 Å². The zero-order valence-corrected chi connectivity index (χ0v) is 13.3. The highest BCUT2D eigenvalue weighted by Crippen LogP contribution is 2.23. The number of nitrogens with one attached hydrogen (secondary N) is 1. The minimum atomic E-state index is -0.936. The van der Waals surface area contributed by atoms with E-state index in [4.69, 9.17) is 20.8 Å². The van der Waals surface area contributed by atoms with Crippen molar-refractivity contribution in [1.82, 2.24) is 0 Å². The maximum absolute atomic E-state index is 13.4. The summed E-state index contributed by atoms with van der Waals surface area (Å²) in [6.07, 6.45) is 0. The zero-order valence-electron chi connectivity index (χ0n) is 12.5. The second kappa shape index (κ2) is 6.90. The molecule has 0 unspecified atom stereocenters. The van der Waals surface area contributed by atoms with Gasteiger partial charge in [-0.3, -0.25) is 4.79 Å². The number of amides is 1. The number of ether oxygens (including phenoxy) is 1. The second-order valence-electron chi connectivity index (χ2n) is 5.04. The van der Waals surface area contributed by atoms with Gasteiger partial charge in [0.15, 0.2) is 6.61 Å². The van der Waals surface area contributed by atoms with Gasteiger partial charge in [-0.1, -0.05) is 11.6 Å². The van der Waals surface area contributed by atoms with E-state index in [-0.39, 0.29) is 11.4 Å². The molecule has 0 saturated heterocycles. The van der Waals surface area contributed by atoms with E-state index >= 15 is 0 Å². The van der Waals surface area contributed by atoms with Gasteiger partial charge >= 0.3 is 5.97 Å². The van der Waals surface area contributed by atoms with Gasteiger partial charge < -0.3 is 14.5 Å². The van der Waals surface area contributed by atoms with E-state index in [9.17, 15) is 18.4 Å². The first kappa shape index (κ1) is 16.9. The number of esters is 1. The molecule has 128 valence electrons. The first-order valence-corrected chi connectivity index (χ1v) is 7.41. The monoisotopic (exact) mass is 365 g/mol. The Morgan fingerprint density at radius 1 is 1.12 bits per heavy atom. The van der Waals surface area contributed by atoms with Crippen molar-refractivity contribution in [3.8, 4) is 0 Å². The Bertz CT molecular complexity index is 970. The zero-order chi connectivity index (χ0) is 18.0. The fraction of sp³-hybridized carbons (Fsp3) is 0.0588. The number of rotatable bonds is 4. The molecule has 1 aromatic heterocycles. The molecule has 0 aliphatic rings. The summed E-state index contributed by atoms with van der Waals surface area (Å²) < 4.78 is 36.3. The summed E-state index contributed by atoms with van der Waals surface area (Å²) in [6, 6.07) is 8.92. The smallest absolute Gasteiger partial charge is 0.374 e. The number of hydrogen-bond donors (Lipinski definition) is 1. The van der Waals surface area contributed by atoms with Gasteiger partial charge in [-0.25, -0.2) is 13.6 Å². The summed E-state index contributed by atoms with van der Waals surface area (Å²) in [6.45, 7) is -0.659. The van der Waals surface area contributed by atoms with Gasteiger partial charge in [0, 0.05) is 16.5 Å². The third-order valence-electron chi connectivity index (χ3n) is 3.22. The van der Waals surface area contributed by atoms with E-state index in [1.54, 1.807) is 18.2 Å². The Morgan fingerprint density at radius 3 is 2.68 bits per heavy atom. The van der Waals surface area contributed by atoms with Crippen LogP contribution in [-0.2, 0) is 9.53 Å². The van der Waals surface area contributed by atoms with E-state index in [0.717, 1.165) is 12.1 Å². The summed E-state index contributed by atoms with van der Waals surface area (Å²) in [5, 5.41) is 3.26. The van der Waals surface area contributed by atoms with Crippen LogP contribution in [0.15, 0.2) is 46.9 Å². The Morgan fingerprint density at radius 2 is 1.92 bits per heavy atom. The lowest BCUT2D eigenvalue weighted by Crippen LogP contribution is -2.21. The highest BCUT2D eigenvalue weighted by atomic mass is 35.5. The van der Waals surface area contributed by atoms with Crippen LogP contribution in [0, 0.1) is 11.6 Å². The van der Waals surface area contributed by atoms with Crippen LogP contribution in [0.5, 0.6) is 0 Å².